The Kier molecular flexibility index (Phi) is 2.84. The minimum absolute atomic E-state index is 0.112. The number of nitrogens with one attached hydrogen (secondary N) is 2. The van der Waals surface area contributed by atoms with Gasteiger partial charge in [-0.1, -0.05) is 0 Å². The second-order valence-electron chi connectivity index (χ2n) is 3.04. The number of hydrogen-bond donors (Lipinski definition) is 3. The lowest BCUT2D eigenvalue weighted by molar-refractivity contribution is 0.0801. The Labute approximate surface area is 89.9 Å². The summed E-state index contributed by atoms with van der Waals surface area (Å²) in [6.07, 6.45) is 1.39. The smallest absolute Gasteiger partial charge is 0.278 e. The number of aliphatic hydroxyl groups is 1. The first-order chi connectivity index (χ1) is 7.72. The van der Waals surface area contributed by atoms with E-state index in [1.54, 1.807) is 7.05 Å². The fourth-order valence-corrected chi connectivity index (χ4v) is 1.22. The molecule has 0 spiro atoms. The van der Waals surface area contributed by atoms with E-state index in [0.29, 0.717) is 11.2 Å². The van der Waals surface area contributed by atoms with Gasteiger partial charge in [-0.2, -0.15) is 4.98 Å². The number of aromatic nitrogens is 4. The normalized spacial score (nSPS) is 10.9. The first kappa shape index (κ1) is 10.6. The molecule has 8 heteroatoms. The van der Waals surface area contributed by atoms with Crippen LogP contribution in [-0.2, 0) is 4.84 Å². The molecule has 0 radical (unpaired) electrons. The highest BCUT2D eigenvalue weighted by Gasteiger charge is 2.09. The summed E-state index contributed by atoms with van der Waals surface area (Å²) in [6, 6.07) is 0. The number of aromatic amines is 2. The molecule has 0 aliphatic rings. The van der Waals surface area contributed by atoms with Gasteiger partial charge in [0.05, 0.1) is 19.5 Å². The van der Waals surface area contributed by atoms with Crippen LogP contribution in [0.5, 0.6) is 0 Å². The van der Waals surface area contributed by atoms with E-state index in [2.05, 4.69) is 19.9 Å². The highest BCUT2D eigenvalue weighted by molar-refractivity contribution is 5.69. The van der Waals surface area contributed by atoms with Gasteiger partial charge >= 0.3 is 0 Å². The quantitative estimate of drug-likeness (QED) is 0.576. The summed E-state index contributed by atoms with van der Waals surface area (Å²) in [4.78, 5) is 29.8. The average molecular weight is 225 g/mol. The molecule has 16 heavy (non-hydrogen) atoms. The van der Waals surface area contributed by atoms with Crippen molar-refractivity contribution in [1.29, 1.82) is 0 Å². The van der Waals surface area contributed by atoms with Crippen LogP contribution in [0.4, 0.5) is 5.95 Å². The van der Waals surface area contributed by atoms with Gasteiger partial charge < -0.3 is 10.1 Å². The van der Waals surface area contributed by atoms with Crippen LogP contribution in [0.3, 0.4) is 0 Å². The molecule has 0 aliphatic heterocycles. The van der Waals surface area contributed by atoms with Crippen molar-refractivity contribution in [2.75, 3.05) is 25.3 Å². The molecule has 0 aliphatic carbocycles. The van der Waals surface area contributed by atoms with Crippen molar-refractivity contribution in [1.82, 2.24) is 19.9 Å². The number of aliphatic hydroxyl groups excluding tert-OH is 1. The number of fused-ring (bicyclic) bond motifs is 1. The number of nitrogens with zero attached hydrogens (tertiary/aromatic N) is 3. The third kappa shape index (κ3) is 1.88. The van der Waals surface area contributed by atoms with E-state index in [1.165, 1.54) is 11.4 Å². The molecule has 0 fully saturated rings. The van der Waals surface area contributed by atoms with Crippen molar-refractivity contribution < 1.29 is 9.94 Å². The highest BCUT2D eigenvalue weighted by atomic mass is 16.7. The predicted octanol–water partition coefficient (Wildman–Crippen LogP) is -0.994. The minimum atomic E-state index is -0.322. The summed E-state index contributed by atoms with van der Waals surface area (Å²) in [7, 11) is 1.58. The predicted molar refractivity (Wildman–Crippen MR) is 56.0 cm³/mol. The molecular formula is C8H11N5O3. The van der Waals surface area contributed by atoms with E-state index in [4.69, 9.17) is 9.94 Å². The van der Waals surface area contributed by atoms with Gasteiger partial charge in [0.1, 0.15) is 0 Å². The molecule has 8 nitrogen and oxygen atoms in total. The summed E-state index contributed by atoms with van der Waals surface area (Å²) in [6.45, 7) is 0.0119. The Hall–Kier alpha value is -1.93. The average Bonchev–Trinajstić information content (AvgIpc) is 2.74. The molecule has 0 saturated heterocycles. The molecule has 2 aromatic rings. The standard InChI is InChI=1S/C8H11N5O3/c1-13(16-3-2-14)8-11-6-5(7(15)12-8)9-4-10-6/h4,14H,2-3H2,1H3,(H2,9,10,11,12,15). The Morgan fingerprint density at radius 3 is 3.19 bits per heavy atom. The van der Waals surface area contributed by atoms with Gasteiger partial charge in [0.25, 0.3) is 5.56 Å². The van der Waals surface area contributed by atoms with Crippen LogP contribution in [0.2, 0.25) is 0 Å². The van der Waals surface area contributed by atoms with Crippen LogP contribution >= 0.6 is 0 Å². The van der Waals surface area contributed by atoms with Crippen LogP contribution in [0.1, 0.15) is 0 Å². The van der Waals surface area contributed by atoms with Crippen LogP contribution < -0.4 is 10.6 Å². The molecule has 0 amide bonds. The highest BCUT2D eigenvalue weighted by Crippen LogP contribution is 2.06. The van der Waals surface area contributed by atoms with Gasteiger partial charge in [-0.25, -0.2) is 10.0 Å². The van der Waals surface area contributed by atoms with Crippen molar-refractivity contribution in [2.24, 2.45) is 0 Å². The number of hydrogen-bond acceptors (Lipinski definition) is 6. The van der Waals surface area contributed by atoms with Crippen LogP contribution in [-0.4, -0.2) is 45.3 Å². The Bertz CT molecular complexity index is 534. The third-order valence-corrected chi connectivity index (χ3v) is 1.96. The molecule has 2 aromatic heterocycles. The summed E-state index contributed by atoms with van der Waals surface area (Å²) >= 11 is 0. The Morgan fingerprint density at radius 2 is 2.44 bits per heavy atom. The van der Waals surface area contributed by atoms with E-state index in [0.717, 1.165) is 0 Å². The molecule has 86 valence electrons. The third-order valence-electron chi connectivity index (χ3n) is 1.96. The van der Waals surface area contributed by atoms with Crippen LogP contribution in [0.25, 0.3) is 11.2 Å². The van der Waals surface area contributed by atoms with E-state index in [9.17, 15) is 4.79 Å². The number of anilines is 1. The molecule has 0 aromatic carbocycles. The Balaban J connectivity index is 2.34. The first-order valence-electron chi connectivity index (χ1n) is 4.63. The molecule has 0 unspecified atom stereocenters. The zero-order valence-corrected chi connectivity index (χ0v) is 8.60. The molecule has 2 rings (SSSR count). The van der Waals surface area contributed by atoms with E-state index >= 15 is 0 Å². The molecule has 0 atom stereocenters. The monoisotopic (exact) mass is 225 g/mol. The zero-order chi connectivity index (χ0) is 11.5. The van der Waals surface area contributed by atoms with Crippen molar-refractivity contribution in [2.45, 2.75) is 0 Å². The maximum absolute atomic E-state index is 11.5. The number of rotatable bonds is 4. The summed E-state index contributed by atoms with van der Waals surface area (Å²) < 4.78 is 0. The van der Waals surface area contributed by atoms with Crippen molar-refractivity contribution in [3.63, 3.8) is 0 Å². The molecule has 3 N–H and O–H groups in total. The fourth-order valence-electron chi connectivity index (χ4n) is 1.22. The van der Waals surface area contributed by atoms with Gasteiger partial charge in [-0.3, -0.25) is 14.6 Å². The lowest BCUT2D eigenvalue weighted by Gasteiger charge is -2.15. The minimum Gasteiger partial charge on any atom is -0.394 e. The van der Waals surface area contributed by atoms with E-state index in [-0.39, 0.29) is 24.7 Å². The molecule has 0 saturated carbocycles. The summed E-state index contributed by atoms with van der Waals surface area (Å²) in [5, 5.41) is 9.86. The van der Waals surface area contributed by atoms with E-state index in [1.807, 2.05) is 0 Å². The second kappa shape index (κ2) is 4.29. The lowest BCUT2D eigenvalue weighted by Crippen LogP contribution is -2.25. The van der Waals surface area contributed by atoms with Crippen molar-refractivity contribution >= 4 is 17.1 Å². The number of H-pyrrole nitrogens is 2. The van der Waals surface area contributed by atoms with E-state index < -0.39 is 0 Å². The Morgan fingerprint density at radius 1 is 1.62 bits per heavy atom. The zero-order valence-electron chi connectivity index (χ0n) is 8.60. The molecule has 2 heterocycles. The van der Waals surface area contributed by atoms with Crippen LogP contribution in [0, 0.1) is 0 Å². The van der Waals surface area contributed by atoms with Gasteiger partial charge in [-0.15, -0.1) is 0 Å². The largest absolute Gasteiger partial charge is 0.394 e. The second-order valence-corrected chi connectivity index (χ2v) is 3.04. The van der Waals surface area contributed by atoms with Crippen molar-refractivity contribution in [3.8, 4) is 0 Å². The van der Waals surface area contributed by atoms with Gasteiger partial charge in [0.15, 0.2) is 11.2 Å². The van der Waals surface area contributed by atoms with Gasteiger partial charge in [0, 0.05) is 7.05 Å². The van der Waals surface area contributed by atoms with Crippen LogP contribution in [0.15, 0.2) is 11.1 Å². The summed E-state index contributed by atoms with van der Waals surface area (Å²) in [5.74, 6) is 0.234. The maximum atomic E-state index is 11.5. The molecular weight excluding hydrogens is 214 g/mol. The molecule has 0 bridgehead atoms. The SMILES string of the molecule is CN(OCCO)c1nc2nc[nH]c2c(=O)[nH]1. The number of imidazole rings is 1. The topological polar surface area (TPSA) is 107 Å². The van der Waals surface area contributed by atoms with Gasteiger partial charge in [0.2, 0.25) is 5.95 Å². The number of hydroxylamine groups is 1. The van der Waals surface area contributed by atoms with Crippen molar-refractivity contribution in [3.05, 3.63) is 16.7 Å². The maximum Gasteiger partial charge on any atom is 0.278 e. The lowest BCUT2D eigenvalue weighted by atomic mass is 10.5. The fraction of sp³-hybridized carbons (Fsp3) is 0.375. The summed E-state index contributed by atoms with van der Waals surface area (Å²) in [5.41, 5.74) is 0.314. The van der Waals surface area contributed by atoms with Gasteiger partial charge in [-0.05, 0) is 0 Å². The first-order valence-corrected chi connectivity index (χ1v) is 4.63.